The van der Waals surface area contributed by atoms with Crippen LogP contribution in [0, 0.1) is 22.2 Å². The number of nitrogens with one attached hydrogen (secondary N) is 1. The summed E-state index contributed by atoms with van der Waals surface area (Å²) in [6.07, 6.45) is -12.8. The molecule has 4 aliphatic rings. The van der Waals surface area contributed by atoms with Crippen molar-refractivity contribution in [2.75, 3.05) is 13.7 Å². The van der Waals surface area contributed by atoms with Gasteiger partial charge in [-0.1, -0.05) is 52.8 Å². The molecule has 1 aromatic carbocycles. The van der Waals surface area contributed by atoms with Gasteiger partial charge in [0.1, 0.15) is 29.5 Å². The number of methoxy groups -OCH3 is 1. The van der Waals surface area contributed by atoms with Gasteiger partial charge in [-0.05, 0) is 63.3 Å². The summed E-state index contributed by atoms with van der Waals surface area (Å²) < 4.78 is 40.3. The molecule has 17 heteroatoms. The Hall–Kier alpha value is -4.58. The fourth-order valence-corrected chi connectivity index (χ4v) is 9.50. The van der Waals surface area contributed by atoms with Crippen molar-refractivity contribution in [3.63, 3.8) is 0 Å². The molecule has 2 unspecified atom stereocenters. The maximum Gasteiger partial charge on any atom is 0.508 e. The lowest BCUT2D eigenvalue weighted by Gasteiger charge is -2.67. The molecule has 3 aliphatic carbocycles. The fraction of sp³-hybridized carbons (Fsp3) is 0.674. The number of carbonyl (C=O) groups is 6. The number of hydrogen-bond acceptors (Lipinski definition) is 16. The Morgan fingerprint density at radius 2 is 1.58 bits per heavy atom. The van der Waals surface area contributed by atoms with Gasteiger partial charge in [-0.25, -0.2) is 19.2 Å². The second kappa shape index (κ2) is 16.0. The largest absolute Gasteiger partial charge is 0.508 e. The Labute approximate surface area is 349 Å². The number of aliphatic hydroxyl groups excluding tert-OH is 2. The molecule has 1 saturated heterocycles. The second-order valence-corrected chi connectivity index (χ2v) is 19.1. The highest BCUT2D eigenvalue weighted by Gasteiger charge is 2.78. The van der Waals surface area contributed by atoms with Crippen molar-refractivity contribution in [1.29, 1.82) is 0 Å². The number of ketones is 1. The van der Waals surface area contributed by atoms with Crippen molar-refractivity contribution >= 4 is 35.9 Å². The topological polar surface area (TPSA) is 240 Å². The molecule has 4 N–H and O–H groups in total. The van der Waals surface area contributed by atoms with Crippen molar-refractivity contribution in [3.8, 4) is 0 Å². The van der Waals surface area contributed by atoms with Crippen molar-refractivity contribution in [3.05, 3.63) is 47.0 Å². The van der Waals surface area contributed by atoms with Gasteiger partial charge in [0, 0.05) is 25.2 Å². The number of aliphatic hydroxyl groups is 3. The predicted octanol–water partition coefficient (Wildman–Crippen LogP) is 3.72. The average molecular weight is 846 g/mol. The highest BCUT2D eigenvalue weighted by Crippen LogP contribution is 2.64. The van der Waals surface area contributed by atoms with Crippen molar-refractivity contribution in [2.24, 2.45) is 22.2 Å². The predicted molar refractivity (Wildman–Crippen MR) is 209 cm³/mol. The highest BCUT2D eigenvalue weighted by molar-refractivity contribution is 5.95. The number of carbonyl (C=O) groups excluding carboxylic acids is 6. The molecular formula is C43H59NO16. The maximum absolute atomic E-state index is 15.4. The van der Waals surface area contributed by atoms with Crippen LogP contribution < -0.4 is 5.32 Å². The molecule has 2 saturated carbocycles. The second-order valence-electron chi connectivity index (χ2n) is 19.1. The quantitative estimate of drug-likeness (QED) is 0.166. The number of ether oxygens (including phenoxy) is 7. The molecule has 5 rings (SSSR count). The van der Waals surface area contributed by atoms with Crippen LogP contribution in [0.15, 0.2) is 41.5 Å². The standard InChI is InChI=1S/C43H59NO16/c1-21-24(57-35(50)28(47)31(38(3,4)5)44-36(51)59-39(6,7)8)19-43(53)33(58-34(49)23-16-14-13-15-17-23)30-41(11,32(48)29(56-22(2)45)27(21)40(43,9)10)25(46)18-26-42(30,20-55-26)60-37(52)54-12/h13-17,24-26,28-31,33,46-47,53H,18-20H2,1-12H3,(H,44,51)/t24-,25?,26+,28+,29+,30?,31+,33-,41+,42-,43+/m0/s1. The molecular weight excluding hydrogens is 786 g/mol. The van der Waals surface area contributed by atoms with Gasteiger partial charge >= 0.3 is 30.2 Å². The summed E-state index contributed by atoms with van der Waals surface area (Å²) in [6.45, 7) is 16.6. The number of benzene rings is 1. The van der Waals surface area contributed by atoms with Gasteiger partial charge in [0.15, 0.2) is 23.6 Å². The molecule has 17 nitrogen and oxygen atoms in total. The fourth-order valence-electron chi connectivity index (χ4n) is 9.50. The number of esters is 3. The van der Waals surface area contributed by atoms with Crippen LogP contribution in [0.1, 0.15) is 99.4 Å². The maximum atomic E-state index is 15.4. The smallest absolute Gasteiger partial charge is 0.456 e. The summed E-state index contributed by atoms with van der Waals surface area (Å²) in [6, 6.07) is 6.50. The van der Waals surface area contributed by atoms with E-state index in [9.17, 15) is 39.3 Å². The van der Waals surface area contributed by atoms with Crippen LogP contribution >= 0.6 is 0 Å². The van der Waals surface area contributed by atoms with Gasteiger partial charge in [-0.3, -0.25) is 9.59 Å². The lowest BCUT2D eigenvalue weighted by atomic mass is 9.44. The summed E-state index contributed by atoms with van der Waals surface area (Å²) in [5.41, 5.74) is -9.78. The number of hydrogen-bond donors (Lipinski definition) is 4. The third kappa shape index (κ3) is 8.00. The van der Waals surface area contributed by atoms with Crippen LogP contribution in [0.2, 0.25) is 0 Å². The first-order valence-electron chi connectivity index (χ1n) is 19.9. The van der Waals surface area contributed by atoms with E-state index >= 15 is 4.79 Å². The van der Waals surface area contributed by atoms with Crippen LogP contribution in [0.4, 0.5) is 9.59 Å². The zero-order chi connectivity index (χ0) is 45.1. The van der Waals surface area contributed by atoms with Crippen molar-refractivity contribution in [2.45, 2.75) is 148 Å². The molecule has 0 aromatic heterocycles. The third-order valence-corrected chi connectivity index (χ3v) is 12.7. The van der Waals surface area contributed by atoms with Crippen molar-refractivity contribution < 1.29 is 77.2 Å². The number of alkyl carbamates (subject to hydrolysis) is 1. The van der Waals surface area contributed by atoms with Gasteiger partial charge < -0.3 is 53.8 Å². The molecule has 1 aromatic rings. The molecule has 3 fully saturated rings. The molecule has 1 amide bonds. The number of Topliss-reactive ketones (excluding diaryl/α,β-unsaturated/α-hetero) is 1. The summed E-state index contributed by atoms with van der Waals surface area (Å²) in [5.74, 6) is -5.62. The first kappa shape index (κ1) is 46.5. The van der Waals surface area contributed by atoms with E-state index in [2.05, 4.69) is 5.32 Å². The van der Waals surface area contributed by atoms with E-state index in [1.54, 1.807) is 59.7 Å². The molecule has 332 valence electrons. The zero-order valence-corrected chi connectivity index (χ0v) is 36.3. The van der Waals surface area contributed by atoms with E-state index in [1.807, 2.05) is 0 Å². The SMILES string of the molecule is COC(=O)O[C@@]12CO[C@@H]1CC(O)[C@@]1(C)C(=O)[C@H](OC(C)=O)C3=C(C)[C@@H](OC(=O)[C@H](O)[C@@H](NC(=O)OC(C)(C)C)C(C)(C)C)C[C@@](O)([C@@H](OC(=O)c4ccccc4)C12)C3(C)C. The van der Waals surface area contributed by atoms with Crippen molar-refractivity contribution in [1.82, 2.24) is 5.32 Å². The first-order valence-corrected chi connectivity index (χ1v) is 19.9. The van der Waals surface area contributed by atoms with Crippen LogP contribution in [0.3, 0.4) is 0 Å². The Morgan fingerprint density at radius 1 is 0.967 bits per heavy atom. The Kier molecular flexibility index (Phi) is 12.4. The van der Waals surface area contributed by atoms with Gasteiger partial charge in [0.05, 0.1) is 42.8 Å². The summed E-state index contributed by atoms with van der Waals surface area (Å²) in [5, 5.41) is 39.8. The third-order valence-electron chi connectivity index (χ3n) is 12.7. The summed E-state index contributed by atoms with van der Waals surface area (Å²) in [7, 11) is 1.07. The minimum atomic E-state index is -2.42. The Balaban J connectivity index is 1.74. The lowest BCUT2D eigenvalue weighted by Crippen LogP contribution is -2.82. The van der Waals surface area contributed by atoms with Crippen LogP contribution in [0.5, 0.6) is 0 Å². The van der Waals surface area contributed by atoms with Gasteiger partial charge in [-0.15, -0.1) is 0 Å². The zero-order valence-electron chi connectivity index (χ0n) is 36.3. The minimum Gasteiger partial charge on any atom is -0.456 e. The van der Waals surface area contributed by atoms with E-state index < -0.39 is 124 Å². The van der Waals surface area contributed by atoms with Crippen LogP contribution in [0.25, 0.3) is 0 Å². The van der Waals surface area contributed by atoms with E-state index in [1.165, 1.54) is 39.8 Å². The van der Waals surface area contributed by atoms with E-state index in [0.717, 1.165) is 14.0 Å². The van der Waals surface area contributed by atoms with E-state index in [0.29, 0.717) is 0 Å². The summed E-state index contributed by atoms with van der Waals surface area (Å²) >= 11 is 0. The van der Waals surface area contributed by atoms with E-state index in [-0.39, 0.29) is 29.7 Å². The lowest BCUT2D eigenvalue weighted by molar-refractivity contribution is -0.344. The number of amides is 1. The molecule has 2 bridgehead atoms. The van der Waals surface area contributed by atoms with Crippen LogP contribution in [-0.4, -0.2) is 124 Å². The minimum absolute atomic E-state index is 0.0226. The molecule has 0 spiro atoms. The Bertz CT molecular complexity index is 1910. The number of fused-ring (bicyclic) bond motifs is 5. The van der Waals surface area contributed by atoms with Gasteiger partial charge in [0.2, 0.25) is 0 Å². The van der Waals surface area contributed by atoms with Gasteiger partial charge in [-0.2, -0.15) is 0 Å². The van der Waals surface area contributed by atoms with E-state index in [4.69, 9.17) is 33.2 Å². The average Bonchev–Trinajstić information content (AvgIpc) is 3.13. The molecule has 1 aliphatic heterocycles. The number of rotatable bonds is 8. The molecule has 0 radical (unpaired) electrons. The molecule has 11 atom stereocenters. The molecule has 1 heterocycles. The van der Waals surface area contributed by atoms with Crippen LogP contribution in [-0.2, 0) is 47.5 Å². The normalized spacial score (nSPS) is 33.1. The first-order chi connectivity index (χ1) is 27.6. The Morgan fingerprint density at radius 3 is 2.10 bits per heavy atom. The summed E-state index contributed by atoms with van der Waals surface area (Å²) in [4.78, 5) is 82.7. The molecule has 60 heavy (non-hydrogen) atoms. The monoisotopic (exact) mass is 845 g/mol. The van der Waals surface area contributed by atoms with Gasteiger partial charge in [0.25, 0.3) is 0 Å². The highest BCUT2D eigenvalue weighted by atomic mass is 16.8.